The van der Waals surface area contributed by atoms with Crippen LogP contribution in [-0.4, -0.2) is 40.1 Å². The molecule has 1 fully saturated rings. The molecule has 1 atom stereocenters. The van der Waals surface area contributed by atoms with Crippen molar-refractivity contribution in [2.45, 2.75) is 25.1 Å². The van der Waals surface area contributed by atoms with Gasteiger partial charge >= 0.3 is 6.18 Å². The molecule has 0 radical (unpaired) electrons. The summed E-state index contributed by atoms with van der Waals surface area (Å²) in [6, 6.07) is 9.21. The third-order valence-corrected chi connectivity index (χ3v) is 4.94. The Morgan fingerprint density at radius 1 is 1.21 bits per heavy atom. The summed E-state index contributed by atoms with van der Waals surface area (Å²) in [6.45, 7) is 0.522. The number of amides is 1. The molecule has 0 saturated carbocycles. The summed E-state index contributed by atoms with van der Waals surface area (Å²) in [6.07, 6.45) is -2.79. The molecule has 1 aromatic heterocycles. The van der Waals surface area contributed by atoms with E-state index in [1.165, 1.54) is 12.1 Å². The third kappa shape index (κ3) is 3.35. The topological polar surface area (TPSA) is 66.6 Å². The maximum absolute atomic E-state index is 12.7. The van der Waals surface area contributed by atoms with E-state index in [1.807, 2.05) is 0 Å². The minimum absolute atomic E-state index is 0.0734. The molecule has 3 aromatic rings. The molecule has 1 amide bonds. The lowest BCUT2D eigenvalue weighted by Gasteiger charge is -2.22. The molecule has 146 valence electrons. The summed E-state index contributed by atoms with van der Waals surface area (Å²) >= 11 is 0. The number of aliphatic hydroxyl groups excluding tert-OH is 1. The monoisotopic (exact) mass is 390 g/mol. The second-order valence-corrected chi connectivity index (χ2v) is 6.75. The summed E-state index contributed by atoms with van der Waals surface area (Å²) in [5.41, 5.74) is 0.980. The van der Waals surface area contributed by atoms with Crippen LogP contribution < -0.4 is 0 Å². The van der Waals surface area contributed by atoms with Crippen LogP contribution in [-0.2, 0) is 6.18 Å². The normalized spacial score (nSPS) is 17.4. The second kappa shape index (κ2) is 6.94. The van der Waals surface area contributed by atoms with E-state index >= 15 is 0 Å². The van der Waals surface area contributed by atoms with E-state index in [2.05, 4.69) is 4.98 Å². The number of benzene rings is 2. The van der Waals surface area contributed by atoms with Crippen molar-refractivity contribution in [1.29, 1.82) is 0 Å². The molecule has 4 rings (SSSR count). The molecule has 0 aliphatic carbocycles. The molecule has 2 aromatic carbocycles. The molecule has 0 unspecified atom stereocenters. The standard InChI is InChI=1S/C20H17F3N2O3/c21-20(22,23)14-6-3-12(4-7-14)18-24-16-10-13(5-8-17(16)28-18)19(27)25-9-1-2-15(25)11-26/h3-8,10,15,26H,1-2,9,11H2/t15-/m0/s1. The Morgan fingerprint density at radius 2 is 1.96 bits per heavy atom. The molecule has 1 aliphatic heterocycles. The smallest absolute Gasteiger partial charge is 0.416 e. The first-order chi connectivity index (χ1) is 13.4. The zero-order valence-corrected chi connectivity index (χ0v) is 14.7. The van der Waals surface area contributed by atoms with Gasteiger partial charge in [-0.1, -0.05) is 0 Å². The van der Waals surface area contributed by atoms with E-state index in [0.29, 0.717) is 28.8 Å². The molecule has 0 spiro atoms. The summed E-state index contributed by atoms with van der Waals surface area (Å²) in [4.78, 5) is 18.7. The largest absolute Gasteiger partial charge is 0.436 e. The number of halogens is 3. The van der Waals surface area contributed by atoms with E-state index in [4.69, 9.17) is 4.42 Å². The van der Waals surface area contributed by atoms with E-state index in [9.17, 15) is 23.1 Å². The molecular weight excluding hydrogens is 373 g/mol. The third-order valence-electron chi connectivity index (χ3n) is 4.94. The van der Waals surface area contributed by atoms with Crippen molar-refractivity contribution in [3.63, 3.8) is 0 Å². The Hall–Kier alpha value is -2.87. The summed E-state index contributed by atoms with van der Waals surface area (Å²) < 4.78 is 43.7. The van der Waals surface area contributed by atoms with E-state index < -0.39 is 11.7 Å². The highest BCUT2D eigenvalue weighted by molar-refractivity contribution is 5.97. The van der Waals surface area contributed by atoms with E-state index in [0.717, 1.165) is 25.0 Å². The van der Waals surface area contributed by atoms with Gasteiger partial charge in [-0.15, -0.1) is 0 Å². The Balaban J connectivity index is 1.62. The average molecular weight is 390 g/mol. The van der Waals surface area contributed by atoms with Crippen molar-refractivity contribution < 1.29 is 27.5 Å². The highest BCUT2D eigenvalue weighted by Crippen LogP contribution is 2.32. The molecule has 1 aliphatic rings. The van der Waals surface area contributed by atoms with Gasteiger partial charge in [-0.2, -0.15) is 13.2 Å². The number of aliphatic hydroxyl groups is 1. The SMILES string of the molecule is O=C(c1ccc2oc(-c3ccc(C(F)(F)F)cc3)nc2c1)N1CCC[C@H]1CO. The van der Waals surface area contributed by atoms with Crippen molar-refractivity contribution in [2.24, 2.45) is 0 Å². The average Bonchev–Trinajstić information content (AvgIpc) is 3.32. The first-order valence-electron chi connectivity index (χ1n) is 8.87. The minimum atomic E-state index is -4.41. The lowest BCUT2D eigenvalue weighted by atomic mass is 10.1. The van der Waals surface area contributed by atoms with Gasteiger partial charge in [-0.25, -0.2) is 4.98 Å². The van der Waals surface area contributed by atoms with Crippen LogP contribution in [0.15, 0.2) is 46.9 Å². The van der Waals surface area contributed by atoms with Gasteiger partial charge in [0, 0.05) is 17.7 Å². The summed E-state index contributed by atoms with van der Waals surface area (Å²) in [5, 5.41) is 9.41. The number of alkyl halides is 3. The zero-order chi connectivity index (χ0) is 19.9. The summed E-state index contributed by atoms with van der Waals surface area (Å²) in [7, 11) is 0. The number of nitrogens with zero attached hydrogens (tertiary/aromatic N) is 2. The lowest BCUT2D eigenvalue weighted by molar-refractivity contribution is -0.137. The van der Waals surface area contributed by atoms with Crippen molar-refractivity contribution in [2.75, 3.05) is 13.2 Å². The van der Waals surface area contributed by atoms with Crippen molar-refractivity contribution in [3.05, 3.63) is 53.6 Å². The highest BCUT2D eigenvalue weighted by atomic mass is 19.4. The first kappa shape index (κ1) is 18.5. The van der Waals surface area contributed by atoms with Crippen molar-refractivity contribution >= 4 is 17.0 Å². The van der Waals surface area contributed by atoms with Crippen LogP contribution >= 0.6 is 0 Å². The quantitative estimate of drug-likeness (QED) is 0.731. The van der Waals surface area contributed by atoms with Gasteiger partial charge in [0.25, 0.3) is 5.91 Å². The Morgan fingerprint density at radius 3 is 2.64 bits per heavy atom. The van der Waals surface area contributed by atoms with Crippen LogP contribution in [0.4, 0.5) is 13.2 Å². The van der Waals surface area contributed by atoms with Gasteiger partial charge in [-0.05, 0) is 55.3 Å². The maximum atomic E-state index is 12.7. The number of aromatic nitrogens is 1. The molecule has 8 heteroatoms. The Labute approximate surface area is 158 Å². The molecule has 1 N–H and O–H groups in total. The molecule has 28 heavy (non-hydrogen) atoms. The number of carbonyl (C=O) groups excluding carboxylic acids is 1. The number of carbonyl (C=O) groups is 1. The van der Waals surface area contributed by atoms with Crippen LogP contribution in [0.3, 0.4) is 0 Å². The number of hydrogen-bond acceptors (Lipinski definition) is 4. The van der Waals surface area contributed by atoms with Crippen LogP contribution in [0.1, 0.15) is 28.8 Å². The maximum Gasteiger partial charge on any atom is 0.416 e. The van der Waals surface area contributed by atoms with E-state index in [1.54, 1.807) is 23.1 Å². The molecular formula is C20H17F3N2O3. The first-order valence-corrected chi connectivity index (χ1v) is 8.87. The van der Waals surface area contributed by atoms with E-state index in [-0.39, 0.29) is 24.4 Å². The van der Waals surface area contributed by atoms with Crippen LogP contribution in [0.2, 0.25) is 0 Å². The minimum Gasteiger partial charge on any atom is -0.436 e. The van der Waals surface area contributed by atoms with Gasteiger partial charge in [0.1, 0.15) is 5.52 Å². The number of hydrogen-bond donors (Lipinski definition) is 1. The van der Waals surface area contributed by atoms with Gasteiger partial charge in [0.2, 0.25) is 5.89 Å². The molecule has 1 saturated heterocycles. The molecule has 0 bridgehead atoms. The predicted octanol–water partition coefficient (Wildman–Crippen LogP) is 4.11. The Bertz CT molecular complexity index is 1010. The van der Waals surface area contributed by atoms with Crippen molar-refractivity contribution in [1.82, 2.24) is 9.88 Å². The molecule has 2 heterocycles. The fraction of sp³-hybridized carbons (Fsp3) is 0.300. The fourth-order valence-electron chi connectivity index (χ4n) is 3.44. The van der Waals surface area contributed by atoms with Crippen molar-refractivity contribution in [3.8, 4) is 11.5 Å². The number of likely N-dealkylation sites (tertiary alicyclic amines) is 1. The highest BCUT2D eigenvalue weighted by Gasteiger charge is 2.30. The second-order valence-electron chi connectivity index (χ2n) is 6.75. The van der Waals surface area contributed by atoms with Crippen LogP contribution in [0.5, 0.6) is 0 Å². The van der Waals surface area contributed by atoms with Gasteiger partial charge in [-0.3, -0.25) is 4.79 Å². The van der Waals surface area contributed by atoms with Crippen LogP contribution in [0, 0.1) is 0 Å². The number of rotatable bonds is 3. The van der Waals surface area contributed by atoms with Gasteiger partial charge < -0.3 is 14.4 Å². The lowest BCUT2D eigenvalue weighted by Crippen LogP contribution is -2.37. The van der Waals surface area contributed by atoms with Gasteiger partial charge in [0.05, 0.1) is 18.2 Å². The van der Waals surface area contributed by atoms with Gasteiger partial charge in [0.15, 0.2) is 5.58 Å². The fourth-order valence-corrected chi connectivity index (χ4v) is 3.44. The zero-order valence-electron chi connectivity index (χ0n) is 14.7. The summed E-state index contributed by atoms with van der Waals surface area (Å²) in [5.74, 6) is 0.000241. The molecule has 5 nitrogen and oxygen atoms in total. The Kier molecular flexibility index (Phi) is 4.58. The number of oxazole rings is 1. The number of fused-ring (bicyclic) bond motifs is 1. The predicted molar refractivity (Wildman–Crippen MR) is 95.6 cm³/mol. The van der Waals surface area contributed by atoms with Crippen LogP contribution in [0.25, 0.3) is 22.6 Å².